The number of methoxy groups -OCH3 is 1. The molecule has 1 saturated carbocycles. The topological polar surface area (TPSA) is 134 Å². The summed E-state index contributed by atoms with van der Waals surface area (Å²) in [6.07, 6.45) is 8.15. The van der Waals surface area contributed by atoms with Crippen molar-refractivity contribution in [3.05, 3.63) is 72.3 Å². The van der Waals surface area contributed by atoms with Crippen LogP contribution in [-0.2, 0) is 9.63 Å². The average molecular weight is 648 g/mol. The third-order valence-electron chi connectivity index (χ3n) is 9.57. The number of hydroxylamine groups is 2. The van der Waals surface area contributed by atoms with Crippen molar-refractivity contribution >= 4 is 28.8 Å². The third-order valence-corrected chi connectivity index (χ3v) is 9.57. The van der Waals surface area contributed by atoms with E-state index in [-0.39, 0.29) is 23.6 Å². The molecule has 0 unspecified atom stereocenters. The largest absolute Gasteiger partial charge is 0.494 e. The van der Waals surface area contributed by atoms with Gasteiger partial charge in [0.05, 0.1) is 36.8 Å². The van der Waals surface area contributed by atoms with Crippen molar-refractivity contribution in [3.63, 3.8) is 0 Å². The first-order valence-corrected chi connectivity index (χ1v) is 16.5. The van der Waals surface area contributed by atoms with Gasteiger partial charge in [-0.3, -0.25) is 24.8 Å². The van der Waals surface area contributed by atoms with Crippen LogP contribution in [0.4, 0.5) is 21.5 Å². The molecule has 2 aromatic rings. The van der Waals surface area contributed by atoms with Crippen LogP contribution in [0.2, 0.25) is 0 Å². The van der Waals surface area contributed by atoms with E-state index in [1.165, 1.54) is 50.2 Å². The second kappa shape index (κ2) is 14.7. The van der Waals surface area contributed by atoms with Crippen LogP contribution in [0, 0.1) is 11.2 Å². The molecule has 47 heavy (non-hydrogen) atoms. The lowest BCUT2D eigenvalue weighted by Gasteiger charge is -2.43. The Balaban J connectivity index is 1.16. The highest BCUT2D eigenvalue weighted by Crippen LogP contribution is 2.39. The van der Waals surface area contributed by atoms with Crippen LogP contribution in [-0.4, -0.2) is 91.7 Å². The second-order valence-corrected chi connectivity index (χ2v) is 12.5. The van der Waals surface area contributed by atoms with Gasteiger partial charge >= 0.3 is 0 Å². The Morgan fingerprint density at radius 1 is 1.00 bits per heavy atom. The normalized spacial score (nSPS) is 21.4. The molecular weight excluding hydrogens is 601 g/mol. The number of carbonyl (C=O) groups is 1. The van der Waals surface area contributed by atoms with Crippen LogP contribution in [0.15, 0.2) is 61.0 Å². The van der Waals surface area contributed by atoms with E-state index in [9.17, 15) is 9.18 Å². The minimum absolute atomic E-state index is 0.0129. The molecule has 4 aliphatic rings. The standard InChI is InChI=1S/C34H46FN9O3/c1-3-34(45)39-27-20-28(38-32(36)22-33(40-37)44-29(11-18-47-44)23-5-4-6-24(35)19-23)31(46-2)21-30(27)43-12-9-26(10-13-43)42-16-14-41(15-17-42)25-7-8-25/h3-6,19-22,25-26,29,40H,1,7-18,37H2,2H3,(H2,36,38)(H,39,45)/b33-22+/t29-/m1/s1. The Labute approximate surface area is 275 Å². The number of amidine groups is 1. The van der Waals surface area contributed by atoms with E-state index < -0.39 is 0 Å². The number of piperazine rings is 1. The van der Waals surface area contributed by atoms with Gasteiger partial charge in [-0.15, -0.1) is 0 Å². The van der Waals surface area contributed by atoms with Crippen molar-refractivity contribution in [1.82, 2.24) is 20.3 Å². The molecule has 0 spiro atoms. The summed E-state index contributed by atoms with van der Waals surface area (Å²) in [7, 11) is 1.58. The van der Waals surface area contributed by atoms with Gasteiger partial charge in [0.1, 0.15) is 23.2 Å². The number of nitrogens with two attached hydrogens (primary N) is 1. The Kier molecular flexibility index (Phi) is 10.3. The zero-order chi connectivity index (χ0) is 32.9. The van der Waals surface area contributed by atoms with Crippen molar-refractivity contribution in [2.45, 2.75) is 50.2 Å². The van der Waals surface area contributed by atoms with Crippen molar-refractivity contribution in [2.24, 2.45) is 5.84 Å². The van der Waals surface area contributed by atoms with E-state index in [2.05, 4.69) is 37.3 Å². The minimum atomic E-state index is -0.337. The Morgan fingerprint density at radius 2 is 1.70 bits per heavy atom. The fraction of sp³-hybridized carbons (Fsp3) is 0.471. The van der Waals surface area contributed by atoms with Gasteiger partial charge in [-0.25, -0.2) is 15.3 Å². The predicted octanol–water partition coefficient (Wildman–Crippen LogP) is 3.78. The highest BCUT2D eigenvalue weighted by Gasteiger charge is 2.34. The van der Waals surface area contributed by atoms with Gasteiger partial charge in [-0.2, -0.15) is 0 Å². The SMILES string of the molecule is C=CC(=O)Nc1cc(NC(=N)/C=C(\NN)N2OCC[C@@H]2c2cccc(F)c2)c(OC)cc1N1CCC(N2CCN(C3CC3)CC2)CC1. The quantitative estimate of drug-likeness (QED) is 0.0807. The van der Waals surface area contributed by atoms with Crippen molar-refractivity contribution in [3.8, 4) is 5.75 Å². The van der Waals surface area contributed by atoms with Gasteiger partial charge in [-0.1, -0.05) is 18.7 Å². The minimum Gasteiger partial charge on any atom is -0.494 e. The molecule has 0 radical (unpaired) electrons. The molecule has 13 heteroatoms. The molecule has 1 aliphatic carbocycles. The first-order chi connectivity index (χ1) is 22.9. The van der Waals surface area contributed by atoms with E-state index in [0.717, 1.165) is 56.3 Å². The summed E-state index contributed by atoms with van der Waals surface area (Å²) >= 11 is 0. The lowest BCUT2D eigenvalue weighted by molar-refractivity contribution is -0.111. The summed E-state index contributed by atoms with van der Waals surface area (Å²) in [6, 6.07) is 11.1. The van der Waals surface area contributed by atoms with Crippen molar-refractivity contribution in [2.75, 3.05) is 68.5 Å². The molecule has 4 fully saturated rings. The zero-order valence-corrected chi connectivity index (χ0v) is 27.0. The molecule has 6 N–H and O–H groups in total. The number of amides is 1. The summed E-state index contributed by atoms with van der Waals surface area (Å²) in [6.45, 7) is 10.3. The van der Waals surface area contributed by atoms with Gasteiger partial charge in [0.15, 0.2) is 0 Å². The molecule has 12 nitrogen and oxygen atoms in total. The van der Waals surface area contributed by atoms with Crippen LogP contribution in [0.25, 0.3) is 0 Å². The van der Waals surface area contributed by atoms with Crippen LogP contribution < -0.4 is 31.5 Å². The highest BCUT2D eigenvalue weighted by atomic mass is 19.1. The first kappa shape index (κ1) is 32.8. The van der Waals surface area contributed by atoms with Gasteiger partial charge in [0.25, 0.3) is 0 Å². The molecule has 6 rings (SSSR count). The number of piperidine rings is 1. The molecule has 1 atom stereocenters. The van der Waals surface area contributed by atoms with E-state index >= 15 is 0 Å². The molecule has 2 aromatic carbocycles. The van der Waals surface area contributed by atoms with Crippen molar-refractivity contribution < 1.29 is 18.8 Å². The summed E-state index contributed by atoms with van der Waals surface area (Å²) in [5.74, 6) is 6.03. The molecule has 0 bridgehead atoms. The number of hydrazine groups is 1. The lowest BCUT2D eigenvalue weighted by Crippen LogP contribution is -2.53. The molecule has 3 saturated heterocycles. The summed E-state index contributed by atoms with van der Waals surface area (Å²) in [5.41, 5.74) is 5.29. The Hall–Kier alpha value is -4.17. The maximum absolute atomic E-state index is 14.0. The van der Waals surface area contributed by atoms with Gasteiger partial charge in [0.2, 0.25) is 5.91 Å². The Morgan fingerprint density at radius 3 is 2.32 bits per heavy atom. The van der Waals surface area contributed by atoms with Crippen LogP contribution in [0.1, 0.15) is 43.7 Å². The van der Waals surface area contributed by atoms with Crippen LogP contribution >= 0.6 is 0 Å². The second-order valence-electron chi connectivity index (χ2n) is 12.5. The van der Waals surface area contributed by atoms with Gasteiger partial charge < -0.3 is 25.7 Å². The number of hydrogen-bond donors (Lipinski definition) is 5. The van der Waals surface area contributed by atoms with Gasteiger partial charge in [-0.05, 0) is 55.5 Å². The van der Waals surface area contributed by atoms with Crippen molar-refractivity contribution in [1.29, 1.82) is 5.41 Å². The number of nitrogens with zero attached hydrogens (tertiary/aromatic N) is 4. The number of benzene rings is 2. The lowest BCUT2D eigenvalue weighted by atomic mass is 10.0. The maximum atomic E-state index is 14.0. The fourth-order valence-electron chi connectivity index (χ4n) is 6.97. The van der Waals surface area contributed by atoms with E-state index in [0.29, 0.717) is 42.0 Å². The summed E-state index contributed by atoms with van der Waals surface area (Å²) < 4.78 is 19.7. The molecule has 0 aromatic heterocycles. The molecular formula is C34H46FN9O3. The van der Waals surface area contributed by atoms with E-state index in [4.69, 9.17) is 20.8 Å². The summed E-state index contributed by atoms with van der Waals surface area (Å²) in [4.78, 5) is 25.9. The van der Waals surface area contributed by atoms with E-state index in [1.54, 1.807) is 24.3 Å². The average Bonchev–Trinajstić information content (AvgIpc) is 3.83. The molecule has 252 valence electrons. The van der Waals surface area contributed by atoms with Gasteiger partial charge in [0, 0.05) is 69.9 Å². The number of anilines is 3. The van der Waals surface area contributed by atoms with Crippen LogP contribution in [0.5, 0.6) is 5.75 Å². The number of carbonyl (C=O) groups excluding carboxylic acids is 1. The first-order valence-electron chi connectivity index (χ1n) is 16.5. The van der Waals surface area contributed by atoms with Crippen LogP contribution in [0.3, 0.4) is 0 Å². The molecule has 3 heterocycles. The zero-order valence-electron chi connectivity index (χ0n) is 27.0. The number of nitrogens with one attached hydrogen (secondary N) is 4. The fourth-order valence-corrected chi connectivity index (χ4v) is 6.97. The monoisotopic (exact) mass is 647 g/mol. The smallest absolute Gasteiger partial charge is 0.247 e. The molecule has 3 aliphatic heterocycles. The van der Waals surface area contributed by atoms with E-state index in [1.807, 2.05) is 12.1 Å². The predicted molar refractivity (Wildman–Crippen MR) is 182 cm³/mol. The number of ether oxygens (including phenoxy) is 1. The Bertz CT molecular complexity index is 1480. The highest BCUT2D eigenvalue weighted by molar-refractivity contribution is 6.05. The third kappa shape index (κ3) is 7.70. The maximum Gasteiger partial charge on any atom is 0.247 e. The number of halogens is 1. The number of hydrogen-bond acceptors (Lipinski definition) is 10. The summed E-state index contributed by atoms with van der Waals surface area (Å²) in [5, 5.41) is 16.3. The number of rotatable bonds is 11. The molecule has 1 amide bonds.